The van der Waals surface area contributed by atoms with Crippen LogP contribution in [-0.2, 0) is 4.79 Å². The van der Waals surface area contributed by atoms with Crippen molar-refractivity contribution in [3.05, 3.63) is 28.8 Å². The van der Waals surface area contributed by atoms with Crippen LogP contribution in [0.1, 0.15) is 17.3 Å². The Morgan fingerprint density at radius 1 is 1.50 bits per heavy atom. The van der Waals surface area contributed by atoms with E-state index in [-0.39, 0.29) is 16.6 Å². The molecule has 0 spiro atoms. The predicted octanol–water partition coefficient (Wildman–Crippen LogP) is 1.08. The molecule has 18 heavy (non-hydrogen) atoms. The molecule has 2 amide bonds. The van der Waals surface area contributed by atoms with Crippen molar-refractivity contribution in [3.63, 3.8) is 0 Å². The molecule has 0 aliphatic rings. The summed E-state index contributed by atoms with van der Waals surface area (Å²) in [5, 5.41) is 2.31. The molecule has 98 valence electrons. The van der Waals surface area contributed by atoms with E-state index < -0.39 is 17.8 Å². The van der Waals surface area contributed by atoms with E-state index in [9.17, 15) is 14.0 Å². The van der Waals surface area contributed by atoms with Gasteiger partial charge in [0.2, 0.25) is 5.91 Å². The highest BCUT2D eigenvalue weighted by Crippen LogP contribution is 2.13. The van der Waals surface area contributed by atoms with Gasteiger partial charge in [0.15, 0.2) is 0 Å². The number of carbonyl (C=O) groups excluding carboxylic acids is 2. The molecule has 5 nitrogen and oxygen atoms in total. The summed E-state index contributed by atoms with van der Waals surface area (Å²) in [6, 6.07) is 0.240. The molecule has 0 radical (unpaired) electrons. The molecule has 0 fully saturated rings. The van der Waals surface area contributed by atoms with Crippen LogP contribution in [0.15, 0.2) is 12.3 Å². The summed E-state index contributed by atoms with van der Waals surface area (Å²) in [5.74, 6) is -1.59. The van der Waals surface area contributed by atoms with Crippen LogP contribution in [0, 0.1) is 5.82 Å². The molecule has 1 unspecified atom stereocenters. The SMILES string of the molecule is CC(NC(=O)c1cc(F)cnc1Cl)C(=O)N(C)C. The molecular formula is C11H13ClFN3O2. The molecule has 1 aromatic heterocycles. The maximum Gasteiger partial charge on any atom is 0.255 e. The molecule has 1 heterocycles. The summed E-state index contributed by atoms with van der Waals surface area (Å²) < 4.78 is 13.0. The fourth-order valence-electron chi connectivity index (χ4n) is 1.31. The van der Waals surface area contributed by atoms with Crippen LogP contribution in [0.5, 0.6) is 0 Å². The second kappa shape index (κ2) is 5.77. The van der Waals surface area contributed by atoms with E-state index >= 15 is 0 Å². The normalized spacial score (nSPS) is 11.8. The van der Waals surface area contributed by atoms with Crippen LogP contribution >= 0.6 is 11.6 Å². The van der Waals surface area contributed by atoms with Gasteiger partial charge in [0.1, 0.15) is 17.0 Å². The standard InChI is InChI=1S/C11H13ClFN3O2/c1-6(11(18)16(2)3)15-10(17)8-4-7(13)5-14-9(8)12/h4-6H,1-3H3,(H,15,17). The molecule has 0 aromatic carbocycles. The summed E-state index contributed by atoms with van der Waals surface area (Å²) in [5.41, 5.74) is -0.102. The lowest BCUT2D eigenvalue weighted by atomic mass is 10.2. The molecule has 1 aromatic rings. The third-order valence-electron chi connectivity index (χ3n) is 2.21. The minimum absolute atomic E-state index is 0.102. The summed E-state index contributed by atoms with van der Waals surface area (Å²) in [7, 11) is 3.14. The first-order chi connectivity index (χ1) is 8.32. The number of likely N-dealkylation sites (N-methyl/N-ethyl adjacent to an activating group) is 1. The Morgan fingerprint density at radius 3 is 2.67 bits per heavy atom. The summed E-state index contributed by atoms with van der Waals surface area (Å²) in [6.45, 7) is 1.53. The Hall–Kier alpha value is -1.69. The number of aromatic nitrogens is 1. The molecule has 0 saturated carbocycles. The topological polar surface area (TPSA) is 62.3 Å². The van der Waals surface area contributed by atoms with Gasteiger partial charge in [-0.1, -0.05) is 11.6 Å². The zero-order valence-electron chi connectivity index (χ0n) is 10.2. The molecule has 1 atom stereocenters. The van der Waals surface area contributed by atoms with Gasteiger partial charge in [-0.3, -0.25) is 9.59 Å². The molecule has 0 saturated heterocycles. The Bertz CT molecular complexity index is 479. The molecular weight excluding hydrogens is 261 g/mol. The van der Waals surface area contributed by atoms with E-state index in [2.05, 4.69) is 10.3 Å². The maximum atomic E-state index is 13.0. The molecule has 1 N–H and O–H groups in total. The molecule has 1 rings (SSSR count). The van der Waals surface area contributed by atoms with Gasteiger partial charge in [-0.2, -0.15) is 0 Å². The minimum Gasteiger partial charge on any atom is -0.347 e. The second-order valence-corrected chi connectivity index (χ2v) is 4.28. The van der Waals surface area contributed by atoms with Gasteiger partial charge < -0.3 is 10.2 Å². The smallest absolute Gasteiger partial charge is 0.255 e. The highest BCUT2D eigenvalue weighted by atomic mass is 35.5. The monoisotopic (exact) mass is 273 g/mol. The van der Waals surface area contributed by atoms with Crippen molar-refractivity contribution < 1.29 is 14.0 Å². The summed E-state index contributed by atoms with van der Waals surface area (Å²) in [4.78, 5) is 28.2. The van der Waals surface area contributed by atoms with Gasteiger partial charge in [-0.25, -0.2) is 9.37 Å². The average Bonchev–Trinajstić information content (AvgIpc) is 2.30. The summed E-state index contributed by atoms with van der Waals surface area (Å²) in [6.07, 6.45) is 0.910. The third-order valence-corrected chi connectivity index (χ3v) is 2.51. The van der Waals surface area contributed by atoms with Crippen LogP contribution in [0.2, 0.25) is 5.15 Å². The molecule has 0 aliphatic heterocycles. The van der Waals surface area contributed by atoms with E-state index in [1.807, 2.05) is 0 Å². The van der Waals surface area contributed by atoms with E-state index in [1.54, 1.807) is 14.1 Å². The second-order valence-electron chi connectivity index (χ2n) is 3.92. The lowest BCUT2D eigenvalue weighted by Crippen LogP contribution is -2.44. The van der Waals surface area contributed by atoms with Gasteiger partial charge in [-0.15, -0.1) is 0 Å². The quantitative estimate of drug-likeness (QED) is 0.839. The van der Waals surface area contributed by atoms with Crippen molar-refractivity contribution in [3.8, 4) is 0 Å². The number of amides is 2. The van der Waals surface area contributed by atoms with Gasteiger partial charge in [0.25, 0.3) is 5.91 Å². The highest BCUT2D eigenvalue weighted by Gasteiger charge is 2.20. The molecule has 0 bridgehead atoms. The van der Waals surface area contributed by atoms with E-state index in [4.69, 9.17) is 11.6 Å². The highest BCUT2D eigenvalue weighted by molar-refractivity contribution is 6.32. The average molecular weight is 274 g/mol. The van der Waals surface area contributed by atoms with Crippen molar-refractivity contribution in [2.45, 2.75) is 13.0 Å². The largest absolute Gasteiger partial charge is 0.347 e. The number of nitrogens with one attached hydrogen (secondary N) is 1. The Labute approximate surface area is 109 Å². The van der Waals surface area contributed by atoms with Crippen LogP contribution in [0.25, 0.3) is 0 Å². The van der Waals surface area contributed by atoms with Crippen molar-refractivity contribution in [2.75, 3.05) is 14.1 Å². The molecule has 7 heteroatoms. The van der Waals surface area contributed by atoms with E-state index in [1.165, 1.54) is 11.8 Å². The fraction of sp³-hybridized carbons (Fsp3) is 0.364. The van der Waals surface area contributed by atoms with Crippen molar-refractivity contribution in [1.82, 2.24) is 15.2 Å². The number of carbonyl (C=O) groups is 2. The number of hydrogen-bond donors (Lipinski definition) is 1. The number of pyridine rings is 1. The zero-order valence-corrected chi connectivity index (χ0v) is 11.0. The number of halogens is 2. The third kappa shape index (κ3) is 3.40. The Morgan fingerprint density at radius 2 is 2.11 bits per heavy atom. The van der Waals surface area contributed by atoms with Crippen molar-refractivity contribution in [1.29, 1.82) is 0 Å². The molecule has 0 aliphatic carbocycles. The van der Waals surface area contributed by atoms with E-state index in [0.29, 0.717) is 0 Å². The number of rotatable bonds is 3. The maximum absolute atomic E-state index is 13.0. The zero-order chi connectivity index (χ0) is 13.9. The fourth-order valence-corrected chi connectivity index (χ4v) is 1.49. The summed E-state index contributed by atoms with van der Waals surface area (Å²) >= 11 is 5.68. The predicted molar refractivity (Wildman–Crippen MR) is 64.8 cm³/mol. The van der Waals surface area contributed by atoms with Gasteiger partial charge in [0, 0.05) is 14.1 Å². The first-order valence-corrected chi connectivity index (χ1v) is 5.53. The van der Waals surface area contributed by atoms with E-state index in [0.717, 1.165) is 12.3 Å². The lowest BCUT2D eigenvalue weighted by molar-refractivity contribution is -0.130. The van der Waals surface area contributed by atoms with Gasteiger partial charge in [0.05, 0.1) is 11.8 Å². The number of hydrogen-bond acceptors (Lipinski definition) is 3. The minimum atomic E-state index is -0.730. The van der Waals surface area contributed by atoms with Crippen molar-refractivity contribution >= 4 is 23.4 Å². The van der Waals surface area contributed by atoms with Gasteiger partial charge in [-0.05, 0) is 13.0 Å². The Kier molecular flexibility index (Phi) is 4.61. The number of nitrogens with zero attached hydrogens (tertiary/aromatic N) is 2. The van der Waals surface area contributed by atoms with Gasteiger partial charge >= 0.3 is 0 Å². The first-order valence-electron chi connectivity index (χ1n) is 5.16. The van der Waals surface area contributed by atoms with Crippen LogP contribution in [0.3, 0.4) is 0 Å². The lowest BCUT2D eigenvalue weighted by Gasteiger charge is -2.18. The van der Waals surface area contributed by atoms with Crippen LogP contribution in [0.4, 0.5) is 4.39 Å². The van der Waals surface area contributed by atoms with Crippen LogP contribution in [-0.4, -0.2) is 41.8 Å². The first kappa shape index (κ1) is 14.4. The van der Waals surface area contributed by atoms with Crippen LogP contribution < -0.4 is 5.32 Å². The Balaban J connectivity index is 2.83. The van der Waals surface area contributed by atoms with Crippen molar-refractivity contribution in [2.24, 2.45) is 0 Å².